The number of nitrogens with zero attached hydrogens (tertiary/aromatic N) is 2. The number of hydrogen-bond acceptors (Lipinski definition) is 5. The van der Waals surface area contributed by atoms with Crippen molar-refractivity contribution in [3.63, 3.8) is 0 Å². The van der Waals surface area contributed by atoms with Crippen LogP contribution in [0.25, 0.3) is 22.2 Å². The molecular weight excluding hydrogens is 462 g/mol. The Hall–Kier alpha value is -4.19. The normalized spacial score (nSPS) is 12.0. The minimum Gasteiger partial charge on any atom is -0.493 e. The van der Waals surface area contributed by atoms with E-state index in [4.69, 9.17) is 14.5 Å². The lowest BCUT2D eigenvalue weighted by Gasteiger charge is -2.12. The largest absolute Gasteiger partial charge is 0.493 e. The molecule has 0 aliphatic rings. The third-order valence-corrected chi connectivity index (χ3v) is 6.38. The number of carbonyl (C=O) groups is 1. The molecule has 1 atom stereocenters. The Morgan fingerprint density at radius 3 is 2.54 bits per heavy atom. The molecular formula is C31H33N3O3. The molecule has 4 aromatic rings. The summed E-state index contributed by atoms with van der Waals surface area (Å²) in [6, 6.07) is 23.4. The first-order valence-corrected chi connectivity index (χ1v) is 12.7. The zero-order chi connectivity index (χ0) is 26.2. The number of amides is 1. The number of pyridine rings is 1. The molecule has 0 radical (unpaired) electrons. The fourth-order valence-corrected chi connectivity index (χ4v) is 4.05. The highest BCUT2D eigenvalue weighted by Gasteiger charge is 2.14. The number of para-hydroxylation sites is 1. The van der Waals surface area contributed by atoms with E-state index in [1.165, 1.54) is 5.56 Å². The fraction of sp³-hybridized carbons (Fsp3) is 0.258. The smallest absolute Gasteiger partial charge is 0.272 e. The molecule has 0 saturated carbocycles. The summed E-state index contributed by atoms with van der Waals surface area (Å²) in [5.74, 6) is 1.49. The van der Waals surface area contributed by atoms with Gasteiger partial charge in [0.25, 0.3) is 5.91 Å². The summed E-state index contributed by atoms with van der Waals surface area (Å²) in [4.78, 5) is 18.0. The highest BCUT2D eigenvalue weighted by molar-refractivity contribution is 6.07. The molecule has 1 amide bonds. The molecule has 0 fully saturated rings. The van der Waals surface area contributed by atoms with Gasteiger partial charge in [-0.05, 0) is 60.2 Å². The summed E-state index contributed by atoms with van der Waals surface area (Å²) in [5.41, 5.74) is 7.73. The Kier molecular flexibility index (Phi) is 8.52. The second-order valence-corrected chi connectivity index (χ2v) is 8.96. The number of carbonyl (C=O) groups excluding carboxylic acids is 1. The second-order valence-electron chi connectivity index (χ2n) is 8.96. The molecule has 37 heavy (non-hydrogen) atoms. The Bertz CT molecular complexity index is 1400. The summed E-state index contributed by atoms with van der Waals surface area (Å²) in [6.07, 6.45) is 3.58. The minimum absolute atomic E-state index is 0.304. The van der Waals surface area contributed by atoms with Gasteiger partial charge in [-0.3, -0.25) is 4.79 Å². The van der Waals surface area contributed by atoms with Gasteiger partial charge in [0.2, 0.25) is 0 Å². The van der Waals surface area contributed by atoms with Crippen LogP contribution >= 0.6 is 0 Å². The maximum absolute atomic E-state index is 13.2. The van der Waals surface area contributed by atoms with Crippen LogP contribution in [0.2, 0.25) is 0 Å². The standard InChI is InChI=1S/C31H33N3O3/c1-5-17-37-29-16-11-22(18-30(29)36-4)20-32-34-31(35)26-19-28(33-27-10-8-7-9-25(26)27)24-14-12-23(13-15-24)21(3)6-2/h7-16,18-21H,5-6,17H2,1-4H3,(H,34,35)/t21-/m0/s1. The summed E-state index contributed by atoms with van der Waals surface area (Å²) in [7, 11) is 1.60. The SMILES string of the molecule is CCCOc1ccc(C=NNC(=O)c2cc(-c3ccc([C@@H](C)CC)cc3)nc3ccccc23)cc1OC. The maximum Gasteiger partial charge on any atom is 0.272 e. The van der Waals surface area contributed by atoms with Crippen LogP contribution in [0.3, 0.4) is 0 Å². The van der Waals surface area contributed by atoms with Crippen molar-refractivity contribution in [1.29, 1.82) is 0 Å². The zero-order valence-electron chi connectivity index (χ0n) is 21.8. The lowest BCUT2D eigenvalue weighted by molar-refractivity contribution is 0.0956. The van der Waals surface area contributed by atoms with Gasteiger partial charge in [0.05, 0.1) is 36.7 Å². The van der Waals surface area contributed by atoms with Gasteiger partial charge in [0.1, 0.15) is 0 Å². The molecule has 4 rings (SSSR count). The van der Waals surface area contributed by atoms with E-state index in [0.717, 1.165) is 40.6 Å². The molecule has 0 aliphatic heterocycles. The van der Waals surface area contributed by atoms with Crippen LogP contribution in [0, 0.1) is 0 Å². The monoisotopic (exact) mass is 495 g/mol. The summed E-state index contributed by atoms with van der Waals surface area (Å²) < 4.78 is 11.1. The van der Waals surface area contributed by atoms with E-state index in [0.29, 0.717) is 29.6 Å². The van der Waals surface area contributed by atoms with Gasteiger partial charge in [-0.1, -0.05) is 63.2 Å². The van der Waals surface area contributed by atoms with Crippen LogP contribution in [-0.2, 0) is 0 Å². The van der Waals surface area contributed by atoms with Crippen LogP contribution in [0.4, 0.5) is 0 Å². The number of fused-ring (bicyclic) bond motifs is 1. The lowest BCUT2D eigenvalue weighted by atomic mass is 9.96. The lowest BCUT2D eigenvalue weighted by Crippen LogP contribution is -2.18. The number of aromatic nitrogens is 1. The van der Waals surface area contributed by atoms with Crippen molar-refractivity contribution < 1.29 is 14.3 Å². The Morgan fingerprint density at radius 2 is 1.81 bits per heavy atom. The van der Waals surface area contributed by atoms with E-state index >= 15 is 0 Å². The molecule has 0 saturated heterocycles. The van der Waals surface area contributed by atoms with Crippen molar-refractivity contribution in [3.8, 4) is 22.8 Å². The third-order valence-electron chi connectivity index (χ3n) is 6.38. The molecule has 190 valence electrons. The zero-order valence-corrected chi connectivity index (χ0v) is 21.8. The molecule has 3 aromatic carbocycles. The number of hydrogen-bond donors (Lipinski definition) is 1. The van der Waals surface area contributed by atoms with Gasteiger partial charge in [-0.2, -0.15) is 5.10 Å². The number of rotatable bonds is 10. The number of ether oxygens (including phenoxy) is 2. The van der Waals surface area contributed by atoms with E-state index in [9.17, 15) is 4.79 Å². The van der Waals surface area contributed by atoms with Crippen molar-refractivity contribution in [2.75, 3.05) is 13.7 Å². The molecule has 6 heteroatoms. The minimum atomic E-state index is -0.304. The van der Waals surface area contributed by atoms with Crippen LogP contribution < -0.4 is 14.9 Å². The Labute approximate surface area is 218 Å². The summed E-state index contributed by atoms with van der Waals surface area (Å²) in [5, 5.41) is 4.97. The first kappa shape index (κ1) is 25.9. The average molecular weight is 496 g/mol. The van der Waals surface area contributed by atoms with Gasteiger partial charge >= 0.3 is 0 Å². The van der Waals surface area contributed by atoms with Crippen molar-refractivity contribution in [3.05, 3.63) is 89.5 Å². The highest BCUT2D eigenvalue weighted by atomic mass is 16.5. The third kappa shape index (κ3) is 6.15. The second kappa shape index (κ2) is 12.2. The molecule has 1 aromatic heterocycles. The Balaban J connectivity index is 1.58. The van der Waals surface area contributed by atoms with Crippen LogP contribution in [-0.4, -0.2) is 30.8 Å². The summed E-state index contributed by atoms with van der Waals surface area (Å²) >= 11 is 0. The van der Waals surface area contributed by atoms with E-state index in [1.54, 1.807) is 13.3 Å². The molecule has 0 aliphatic carbocycles. The average Bonchev–Trinajstić information content (AvgIpc) is 2.95. The number of hydrazone groups is 1. The van der Waals surface area contributed by atoms with E-state index in [-0.39, 0.29) is 5.91 Å². The quantitative estimate of drug-likeness (QED) is 0.190. The topological polar surface area (TPSA) is 72.8 Å². The molecule has 0 bridgehead atoms. The van der Waals surface area contributed by atoms with Crippen molar-refractivity contribution in [2.24, 2.45) is 5.10 Å². The molecule has 6 nitrogen and oxygen atoms in total. The maximum atomic E-state index is 13.2. The molecule has 0 spiro atoms. The highest BCUT2D eigenvalue weighted by Crippen LogP contribution is 2.28. The predicted octanol–water partition coefficient (Wildman–Crippen LogP) is 6.98. The number of nitrogens with one attached hydrogen (secondary N) is 1. The van der Waals surface area contributed by atoms with Crippen LogP contribution in [0.5, 0.6) is 11.5 Å². The molecule has 1 heterocycles. The van der Waals surface area contributed by atoms with Gasteiger partial charge in [-0.25, -0.2) is 10.4 Å². The number of benzene rings is 3. The van der Waals surface area contributed by atoms with Crippen LogP contribution in [0.1, 0.15) is 61.0 Å². The van der Waals surface area contributed by atoms with E-state index in [1.807, 2.05) is 48.5 Å². The van der Waals surface area contributed by atoms with E-state index < -0.39 is 0 Å². The molecule has 0 unspecified atom stereocenters. The van der Waals surface area contributed by atoms with Crippen LogP contribution in [0.15, 0.2) is 77.9 Å². The van der Waals surface area contributed by atoms with E-state index in [2.05, 4.69) is 55.6 Å². The van der Waals surface area contributed by atoms with Gasteiger partial charge in [0, 0.05) is 10.9 Å². The fourth-order valence-electron chi connectivity index (χ4n) is 4.05. The molecule has 1 N–H and O–H groups in total. The first-order valence-electron chi connectivity index (χ1n) is 12.7. The predicted molar refractivity (Wildman–Crippen MR) is 150 cm³/mol. The van der Waals surface area contributed by atoms with Gasteiger partial charge in [-0.15, -0.1) is 0 Å². The van der Waals surface area contributed by atoms with Crippen molar-refractivity contribution >= 4 is 23.0 Å². The number of methoxy groups -OCH3 is 1. The van der Waals surface area contributed by atoms with Gasteiger partial charge < -0.3 is 9.47 Å². The summed E-state index contributed by atoms with van der Waals surface area (Å²) in [6.45, 7) is 7.07. The van der Waals surface area contributed by atoms with Crippen molar-refractivity contribution in [2.45, 2.75) is 39.5 Å². The Morgan fingerprint density at radius 1 is 1.03 bits per heavy atom. The van der Waals surface area contributed by atoms with Gasteiger partial charge in [0.15, 0.2) is 11.5 Å². The van der Waals surface area contributed by atoms with Crippen molar-refractivity contribution in [1.82, 2.24) is 10.4 Å². The first-order chi connectivity index (χ1) is 18.0.